The van der Waals surface area contributed by atoms with Gasteiger partial charge in [-0.2, -0.15) is 0 Å². The lowest BCUT2D eigenvalue weighted by molar-refractivity contribution is -0.697. The van der Waals surface area contributed by atoms with Crippen molar-refractivity contribution < 1.29 is 4.57 Å². The van der Waals surface area contributed by atoms with Gasteiger partial charge in [0, 0.05) is 5.41 Å². The summed E-state index contributed by atoms with van der Waals surface area (Å²) < 4.78 is 5.08. The fraction of sp³-hybridized carbons (Fsp3) is 0.717. The molecule has 0 aliphatic carbocycles. The third-order valence-corrected chi connectivity index (χ3v) is 12.8. The molecule has 0 fully saturated rings. The van der Waals surface area contributed by atoms with E-state index in [1.165, 1.54) is 210 Å². The van der Waals surface area contributed by atoms with E-state index in [4.69, 9.17) is 0 Å². The largest absolute Gasteiger partial charge is 0.244 e. The van der Waals surface area contributed by atoms with Crippen LogP contribution in [0.15, 0.2) is 79.4 Å². The van der Waals surface area contributed by atoms with Gasteiger partial charge in [0.2, 0.25) is 6.33 Å². The Bertz CT molecular complexity index is 1250. The van der Waals surface area contributed by atoms with Crippen LogP contribution in [-0.4, -0.2) is 4.57 Å². The van der Waals surface area contributed by atoms with Crippen LogP contribution in [-0.2, 0) is 18.4 Å². The van der Waals surface area contributed by atoms with Crippen LogP contribution in [0.1, 0.15) is 237 Å². The van der Waals surface area contributed by atoms with E-state index in [9.17, 15) is 0 Å². The highest BCUT2D eigenvalue weighted by atomic mass is 15.1. The van der Waals surface area contributed by atoms with Crippen molar-refractivity contribution in [1.82, 2.24) is 4.57 Å². The number of aryl methyl sites for hydroxylation is 1. The molecule has 0 spiro atoms. The third kappa shape index (κ3) is 21.1. The number of imidazole rings is 1. The highest BCUT2D eigenvalue weighted by Gasteiger charge is 2.40. The highest BCUT2D eigenvalue weighted by Crippen LogP contribution is 2.41. The van der Waals surface area contributed by atoms with Crippen LogP contribution >= 0.6 is 0 Å². The maximum atomic E-state index is 2.60. The van der Waals surface area contributed by atoms with Crippen LogP contribution < -0.4 is 4.57 Å². The Balaban J connectivity index is 1.44. The number of nitrogens with zero attached hydrogens (tertiary/aromatic N) is 2. The molecule has 0 N–H and O–H groups in total. The second kappa shape index (κ2) is 31.7. The molecule has 1 aromatic heterocycles. The van der Waals surface area contributed by atoms with Crippen LogP contribution in [0, 0.1) is 0 Å². The second-order valence-corrected chi connectivity index (χ2v) is 17.7. The van der Waals surface area contributed by atoms with Gasteiger partial charge < -0.3 is 0 Å². The Hall–Kier alpha value is -2.35. The Kier molecular flexibility index (Phi) is 27.1. The van der Waals surface area contributed by atoms with E-state index >= 15 is 0 Å². The number of aromatic nitrogens is 2. The molecule has 0 aliphatic rings. The Labute approximate surface area is 342 Å². The molecule has 3 rings (SSSR count). The van der Waals surface area contributed by atoms with Gasteiger partial charge in [0.1, 0.15) is 18.4 Å². The first kappa shape index (κ1) is 47.0. The molecule has 0 bridgehead atoms. The van der Waals surface area contributed by atoms with Crippen LogP contribution in [0.4, 0.5) is 0 Å². The summed E-state index contributed by atoms with van der Waals surface area (Å²) in [4.78, 5) is 0. The number of rotatable bonds is 37. The first-order valence-corrected chi connectivity index (χ1v) is 24.3. The molecule has 0 aliphatic heterocycles. The maximum Gasteiger partial charge on any atom is 0.244 e. The summed E-state index contributed by atoms with van der Waals surface area (Å²) in [6.45, 7) is 8.30. The zero-order chi connectivity index (χ0) is 38.9. The number of unbranched alkanes of at least 4 members (excludes halogenated alkanes) is 28. The molecule has 0 radical (unpaired) electrons. The van der Waals surface area contributed by atoms with E-state index in [-0.39, 0.29) is 5.41 Å². The number of benzene rings is 2. The monoisotopic (exact) mass is 754 g/mol. The van der Waals surface area contributed by atoms with Crippen molar-refractivity contribution in [2.75, 3.05) is 0 Å². The summed E-state index contributed by atoms with van der Waals surface area (Å²) in [6.07, 6.45) is 52.0. The first-order valence-electron chi connectivity index (χ1n) is 24.3. The van der Waals surface area contributed by atoms with Gasteiger partial charge in [-0.1, -0.05) is 255 Å². The summed E-state index contributed by atoms with van der Waals surface area (Å²) >= 11 is 0. The minimum Gasteiger partial charge on any atom is -0.237 e. The van der Waals surface area contributed by atoms with E-state index in [1.54, 1.807) is 0 Å². The van der Waals surface area contributed by atoms with Gasteiger partial charge in [0.15, 0.2) is 0 Å². The number of hydrogen-bond acceptors (Lipinski definition) is 0. The SMILES string of the molecule is CCCCCCCCCCCCCCCCCCCC(n1cc[n+](CCCCCCCCCCCCCCC)c1)C(C)(Cc1ccccc1)c1ccccc1. The van der Waals surface area contributed by atoms with Crippen LogP contribution in [0.2, 0.25) is 0 Å². The quantitative estimate of drug-likeness (QED) is 0.0409. The van der Waals surface area contributed by atoms with E-state index in [1.807, 2.05) is 0 Å². The Morgan fingerprint density at radius 3 is 1.29 bits per heavy atom. The smallest absolute Gasteiger partial charge is 0.237 e. The minimum absolute atomic E-state index is 0.00399. The van der Waals surface area contributed by atoms with Gasteiger partial charge >= 0.3 is 0 Å². The lowest BCUT2D eigenvalue weighted by atomic mass is 9.70. The molecule has 3 aromatic rings. The molecular weight excluding hydrogens is 665 g/mol. The molecular formula is C53H89N2+. The van der Waals surface area contributed by atoms with Crippen molar-refractivity contribution >= 4 is 0 Å². The third-order valence-electron chi connectivity index (χ3n) is 12.8. The Morgan fingerprint density at radius 1 is 0.473 bits per heavy atom. The standard InChI is InChI=1S/C53H89N2/c1-4-6-8-10-12-14-16-18-19-20-21-22-24-26-28-30-38-44-52(53(3,51-42-36-33-37-43-51)48-50-40-34-32-35-41-50)55-47-46-54(49-55)45-39-31-29-27-25-23-17-15-13-11-9-7-5-2/h32-37,40-43,46-47,49,52H,4-31,38-39,44-45,48H2,1-3H3/q+1. The van der Waals surface area contributed by atoms with Gasteiger partial charge in [-0.05, 0) is 43.2 Å². The van der Waals surface area contributed by atoms with E-state index in [0.717, 1.165) is 13.0 Å². The molecule has 2 heteroatoms. The van der Waals surface area contributed by atoms with Crippen molar-refractivity contribution in [3.8, 4) is 0 Å². The van der Waals surface area contributed by atoms with Crippen LogP contribution in [0.5, 0.6) is 0 Å². The van der Waals surface area contributed by atoms with Gasteiger partial charge in [0.25, 0.3) is 0 Å². The van der Waals surface area contributed by atoms with Gasteiger partial charge in [-0.25, -0.2) is 9.13 Å². The van der Waals surface area contributed by atoms with Gasteiger partial charge in [0.05, 0.1) is 6.54 Å². The molecule has 55 heavy (non-hydrogen) atoms. The molecule has 1 heterocycles. The zero-order valence-corrected chi connectivity index (χ0v) is 36.8. The summed E-state index contributed by atoms with van der Waals surface area (Å²) in [5.41, 5.74) is 2.91. The maximum absolute atomic E-state index is 2.60. The summed E-state index contributed by atoms with van der Waals surface area (Å²) in [5, 5.41) is 0. The topological polar surface area (TPSA) is 8.81 Å². The predicted octanol–water partition coefficient (Wildman–Crippen LogP) is 16.7. The Morgan fingerprint density at radius 2 is 0.855 bits per heavy atom. The first-order chi connectivity index (χ1) is 27.2. The fourth-order valence-electron chi connectivity index (χ4n) is 9.15. The van der Waals surface area contributed by atoms with E-state index in [2.05, 4.69) is 109 Å². The van der Waals surface area contributed by atoms with E-state index < -0.39 is 0 Å². The van der Waals surface area contributed by atoms with Crippen LogP contribution in [0.25, 0.3) is 0 Å². The average molecular weight is 754 g/mol. The van der Waals surface area contributed by atoms with Crippen molar-refractivity contribution in [1.29, 1.82) is 0 Å². The average Bonchev–Trinajstić information content (AvgIpc) is 3.68. The highest BCUT2D eigenvalue weighted by molar-refractivity contribution is 5.30. The van der Waals surface area contributed by atoms with Crippen LogP contribution in [0.3, 0.4) is 0 Å². The summed E-state index contributed by atoms with van der Waals surface area (Å²) in [6, 6.07) is 23.1. The molecule has 2 atom stereocenters. The predicted molar refractivity (Wildman–Crippen MR) is 242 cm³/mol. The zero-order valence-electron chi connectivity index (χ0n) is 36.8. The second-order valence-electron chi connectivity index (χ2n) is 17.7. The normalized spacial score (nSPS) is 13.3. The van der Waals surface area contributed by atoms with E-state index in [0.29, 0.717) is 6.04 Å². The minimum atomic E-state index is 0.00399. The molecule has 0 saturated heterocycles. The van der Waals surface area contributed by atoms with Gasteiger partial charge in [-0.3, -0.25) is 0 Å². The molecule has 2 nitrogen and oxygen atoms in total. The molecule has 310 valence electrons. The van der Waals surface area contributed by atoms with Crippen molar-refractivity contribution in [3.63, 3.8) is 0 Å². The summed E-state index contributed by atoms with van der Waals surface area (Å²) in [5.74, 6) is 0. The van der Waals surface area contributed by atoms with Crippen molar-refractivity contribution in [3.05, 3.63) is 90.5 Å². The summed E-state index contributed by atoms with van der Waals surface area (Å²) in [7, 11) is 0. The molecule has 2 unspecified atom stereocenters. The molecule has 0 saturated carbocycles. The number of hydrogen-bond donors (Lipinski definition) is 0. The van der Waals surface area contributed by atoms with Crippen molar-refractivity contribution in [2.45, 2.75) is 244 Å². The van der Waals surface area contributed by atoms with Crippen molar-refractivity contribution in [2.24, 2.45) is 0 Å². The van der Waals surface area contributed by atoms with Gasteiger partial charge in [-0.15, -0.1) is 0 Å². The lowest BCUT2D eigenvalue weighted by Crippen LogP contribution is -2.38. The fourth-order valence-corrected chi connectivity index (χ4v) is 9.15. The molecule has 2 aromatic carbocycles. The molecule has 0 amide bonds. The lowest BCUT2D eigenvalue weighted by Gasteiger charge is -2.37.